The van der Waals surface area contributed by atoms with E-state index in [1.54, 1.807) is 0 Å². The molecule has 34 heavy (non-hydrogen) atoms. The van der Waals surface area contributed by atoms with E-state index in [9.17, 15) is 5.11 Å². The normalized spacial score (nSPS) is 16.2. The molecular weight excluding hydrogens is 452 g/mol. The Kier molecular flexibility index (Phi) is 9.56. The minimum absolute atomic E-state index is 0.0480. The first-order valence-electron chi connectivity index (χ1n) is 12.7. The van der Waals surface area contributed by atoms with Gasteiger partial charge in [0, 0.05) is 25.0 Å². The van der Waals surface area contributed by atoms with E-state index in [1.807, 2.05) is 0 Å². The number of hydrogen-bond acceptors (Lipinski definition) is 3. The molecule has 3 atom stereocenters. The second-order valence-electron chi connectivity index (χ2n) is 12.5. The van der Waals surface area contributed by atoms with E-state index in [0.29, 0.717) is 6.61 Å². The van der Waals surface area contributed by atoms with Crippen molar-refractivity contribution in [1.82, 2.24) is 0 Å². The molecule has 0 saturated heterocycles. The zero-order valence-electron chi connectivity index (χ0n) is 23.2. The van der Waals surface area contributed by atoms with Gasteiger partial charge in [0.25, 0.3) is 8.32 Å². The van der Waals surface area contributed by atoms with Gasteiger partial charge in [0.2, 0.25) is 0 Å². The minimum Gasteiger partial charge on any atom is -0.413 e. The van der Waals surface area contributed by atoms with Crippen molar-refractivity contribution in [2.45, 2.75) is 84.7 Å². The highest BCUT2D eigenvalue weighted by Gasteiger charge is 2.51. The maximum absolute atomic E-state index is 10.1. The molecule has 3 nitrogen and oxygen atoms in total. The van der Waals surface area contributed by atoms with Crippen molar-refractivity contribution in [3.8, 4) is 0 Å². The Labute approximate surface area is 211 Å². The van der Waals surface area contributed by atoms with Crippen LogP contribution in [-0.4, -0.2) is 41.1 Å². The van der Waals surface area contributed by atoms with Crippen LogP contribution in [0.2, 0.25) is 23.2 Å². The summed E-state index contributed by atoms with van der Waals surface area (Å²) < 4.78 is 14.1. The number of hydrogen-bond donors (Lipinski definition) is 1. The summed E-state index contributed by atoms with van der Waals surface area (Å²) in [5.41, 5.74) is 0. The van der Waals surface area contributed by atoms with Gasteiger partial charge in [-0.2, -0.15) is 0 Å². The van der Waals surface area contributed by atoms with E-state index < -0.39 is 16.6 Å². The molecule has 0 amide bonds. The van der Waals surface area contributed by atoms with Crippen molar-refractivity contribution in [2.24, 2.45) is 11.8 Å². The van der Waals surface area contributed by atoms with Crippen LogP contribution in [0.3, 0.4) is 0 Å². The molecule has 0 spiro atoms. The smallest absolute Gasteiger partial charge is 0.261 e. The molecule has 0 aliphatic carbocycles. The topological polar surface area (TPSA) is 38.7 Å². The highest BCUT2D eigenvalue weighted by atomic mass is 28.4. The van der Waals surface area contributed by atoms with Crippen LogP contribution in [-0.2, 0) is 8.85 Å². The molecule has 190 valence electrons. The van der Waals surface area contributed by atoms with Gasteiger partial charge in [0.1, 0.15) is 0 Å². The van der Waals surface area contributed by atoms with Crippen molar-refractivity contribution in [3.05, 3.63) is 60.7 Å². The van der Waals surface area contributed by atoms with Gasteiger partial charge in [-0.3, -0.25) is 0 Å². The Morgan fingerprint density at radius 3 is 1.53 bits per heavy atom. The molecule has 0 aliphatic heterocycles. The second-order valence-corrected chi connectivity index (χ2v) is 21.5. The third-order valence-electron chi connectivity index (χ3n) is 7.63. The fraction of sp³-hybridized carbons (Fsp3) is 0.586. The molecule has 2 rings (SSSR count). The predicted octanol–water partition coefficient (Wildman–Crippen LogP) is 6.22. The molecule has 0 unspecified atom stereocenters. The Morgan fingerprint density at radius 1 is 0.735 bits per heavy atom. The van der Waals surface area contributed by atoms with E-state index in [4.69, 9.17) is 8.85 Å². The number of rotatable bonds is 10. The highest BCUT2D eigenvalue weighted by Crippen LogP contribution is 2.40. The van der Waals surface area contributed by atoms with Gasteiger partial charge in [-0.25, -0.2) is 0 Å². The molecule has 0 heterocycles. The minimum atomic E-state index is -2.60. The Morgan fingerprint density at radius 2 is 1.18 bits per heavy atom. The van der Waals surface area contributed by atoms with E-state index in [0.717, 1.165) is 0 Å². The maximum Gasteiger partial charge on any atom is 0.261 e. The summed E-state index contributed by atoms with van der Waals surface area (Å²) in [7, 11) is -4.61. The fourth-order valence-electron chi connectivity index (χ4n) is 4.53. The van der Waals surface area contributed by atoms with Crippen LogP contribution in [0.1, 0.15) is 55.4 Å². The molecule has 0 bridgehead atoms. The lowest BCUT2D eigenvalue weighted by atomic mass is 9.95. The Balaban J connectivity index is 2.47. The van der Waals surface area contributed by atoms with Crippen molar-refractivity contribution in [1.29, 1.82) is 0 Å². The molecule has 1 N–H and O–H groups in total. The van der Waals surface area contributed by atoms with Crippen LogP contribution < -0.4 is 10.4 Å². The molecule has 2 aromatic carbocycles. The van der Waals surface area contributed by atoms with Gasteiger partial charge in [-0.1, -0.05) is 116 Å². The van der Waals surface area contributed by atoms with Crippen LogP contribution in [0, 0.1) is 11.8 Å². The first-order valence-corrected chi connectivity index (χ1v) is 17.5. The van der Waals surface area contributed by atoms with Gasteiger partial charge in [-0.15, -0.1) is 0 Å². The molecule has 0 aliphatic rings. The summed E-state index contributed by atoms with van der Waals surface area (Å²) in [5.74, 6) is 0.199. The van der Waals surface area contributed by atoms with Crippen LogP contribution in [0.5, 0.6) is 0 Å². The third kappa shape index (κ3) is 6.30. The molecule has 0 saturated carbocycles. The molecule has 5 heteroatoms. The van der Waals surface area contributed by atoms with Gasteiger partial charge < -0.3 is 14.0 Å². The highest BCUT2D eigenvalue weighted by molar-refractivity contribution is 6.99. The molecule has 0 fully saturated rings. The van der Waals surface area contributed by atoms with E-state index in [2.05, 4.69) is 129 Å². The summed E-state index contributed by atoms with van der Waals surface area (Å²) in [4.78, 5) is 0. The lowest BCUT2D eigenvalue weighted by molar-refractivity contribution is 0.0269. The molecule has 0 radical (unpaired) electrons. The average Bonchev–Trinajstić information content (AvgIpc) is 2.77. The first-order chi connectivity index (χ1) is 15.7. The summed E-state index contributed by atoms with van der Waals surface area (Å²) in [6.45, 7) is 23.3. The molecule has 2 aromatic rings. The van der Waals surface area contributed by atoms with Gasteiger partial charge in [-0.05, 0) is 33.5 Å². The van der Waals surface area contributed by atoms with Gasteiger partial charge in [0.15, 0.2) is 8.32 Å². The van der Waals surface area contributed by atoms with Crippen molar-refractivity contribution in [2.75, 3.05) is 13.2 Å². The number of aliphatic hydroxyl groups is 1. The van der Waals surface area contributed by atoms with E-state index >= 15 is 0 Å². The van der Waals surface area contributed by atoms with E-state index in [-0.39, 0.29) is 34.6 Å². The van der Waals surface area contributed by atoms with Crippen LogP contribution >= 0.6 is 0 Å². The van der Waals surface area contributed by atoms with Crippen molar-refractivity contribution >= 4 is 27.0 Å². The zero-order chi connectivity index (χ0) is 25.8. The average molecular weight is 501 g/mol. The Hall–Kier alpha value is -1.25. The van der Waals surface area contributed by atoms with E-state index in [1.165, 1.54) is 10.4 Å². The van der Waals surface area contributed by atoms with Gasteiger partial charge >= 0.3 is 0 Å². The summed E-state index contributed by atoms with van der Waals surface area (Å²) in [5, 5.41) is 12.7. The SMILES string of the molecule is C[C@@H](CO)[C@@H](O[Si](C)(C)C(C)(C)C)[C@@H](C)CO[Si](c1ccccc1)(c1ccccc1)C(C)(C)C. The fourth-order valence-corrected chi connectivity index (χ4v) is 10.7. The summed E-state index contributed by atoms with van der Waals surface area (Å²) >= 11 is 0. The summed E-state index contributed by atoms with van der Waals surface area (Å²) in [6.07, 6.45) is -0.0518. The standard InChI is InChI=1S/C29H48O3Si2/c1-23(21-30)27(32-33(9,10)28(3,4)5)24(2)22-31-34(29(6,7)8,25-17-13-11-14-18-25)26-19-15-12-16-20-26/h11-20,23-24,27,30H,21-22H2,1-10H3/t23-,24-,27+/m0/s1. The summed E-state index contributed by atoms with van der Waals surface area (Å²) in [6, 6.07) is 21.6. The monoisotopic (exact) mass is 500 g/mol. The second kappa shape index (κ2) is 11.2. The Bertz CT molecular complexity index is 830. The number of aliphatic hydroxyl groups excluding tert-OH is 1. The molecule has 0 aromatic heterocycles. The largest absolute Gasteiger partial charge is 0.413 e. The predicted molar refractivity (Wildman–Crippen MR) is 151 cm³/mol. The lowest BCUT2D eigenvalue weighted by Crippen LogP contribution is -2.67. The quantitative estimate of drug-likeness (QED) is 0.394. The third-order valence-corrected chi connectivity index (χ3v) is 17.1. The van der Waals surface area contributed by atoms with Gasteiger partial charge in [0.05, 0.1) is 6.10 Å². The number of benzene rings is 2. The zero-order valence-corrected chi connectivity index (χ0v) is 25.2. The maximum atomic E-state index is 10.1. The first kappa shape index (κ1) is 29.0. The lowest BCUT2D eigenvalue weighted by Gasteiger charge is -2.45. The molecular formula is C29H48O3Si2. The van der Waals surface area contributed by atoms with Crippen LogP contribution in [0.25, 0.3) is 0 Å². The van der Waals surface area contributed by atoms with Crippen molar-refractivity contribution in [3.63, 3.8) is 0 Å². The van der Waals surface area contributed by atoms with Crippen LogP contribution in [0.4, 0.5) is 0 Å². The van der Waals surface area contributed by atoms with Crippen molar-refractivity contribution < 1.29 is 14.0 Å². The van der Waals surface area contributed by atoms with Crippen LogP contribution in [0.15, 0.2) is 60.7 Å².